The second-order valence-corrected chi connectivity index (χ2v) is 4.90. The van der Waals surface area contributed by atoms with Crippen molar-refractivity contribution in [2.75, 3.05) is 0 Å². The van der Waals surface area contributed by atoms with E-state index in [4.69, 9.17) is 0 Å². The van der Waals surface area contributed by atoms with Crippen LogP contribution in [0.4, 0.5) is 0 Å². The van der Waals surface area contributed by atoms with Crippen LogP contribution in [0, 0.1) is 5.41 Å². The lowest BCUT2D eigenvalue weighted by molar-refractivity contribution is -0.145. The fourth-order valence-corrected chi connectivity index (χ4v) is 2.50. The Morgan fingerprint density at radius 2 is 1.82 bits per heavy atom. The van der Waals surface area contributed by atoms with Crippen molar-refractivity contribution < 1.29 is 9.59 Å². The number of rotatable bonds is 5. The maximum absolute atomic E-state index is 12.1. The van der Waals surface area contributed by atoms with E-state index in [1.807, 2.05) is 30.3 Å². The molecular weight excluding hydrogens is 212 g/mol. The minimum atomic E-state index is -0.616. The highest BCUT2D eigenvalue weighted by Crippen LogP contribution is 2.43. The van der Waals surface area contributed by atoms with Crippen LogP contribution in [0.5, 0.6) is 0 Å². The molecule has 0 heterocycles. The zero-order valence-electron chi connectivity index (χ0n) is 10.2. The van der Waals surface area contributed by atoms with Crippen LogP contribution < -0.4 is 0 Å². The molecule has 0 bridgehead atoms. The first-order valence-corrected chi connectivity index (χ1v) is 6.23. The summed E-state index contributed by atoms with van der Waals surface area (Å²) in [4.78, 5) is 23.7. The maximum atomic E-state index is 12.1. The molecule has 1 aliphatic rings. The molecule has 0 saturated heterocycles. The molecule has 0 spiro atoms. The SMILES string of the molecule is CC(=O)C1(C(=O)CCc2ccccc2)CCC1. The summed E-state index contributed by atoms with van der Waals surface area (Å²) in [6.07, 6.45) is 3.76. The molecule has 1 aliphatic carbocycles. The zero-order chi connectivity index (χ0) is 12.3. The largest absolute Gasteiger partial charge is 0.299 e. The molecule has 2 nitrogen and oxygen atoms in total. The van der Waals surface area contributed by atoms with E-state index in [1.165, 1.54) is 5.56 Å². The van der Waals surface area contributed by atoms with Gasteiger partial charge in [-0.2, -0.15) is 0 Å². The molecule has 0 radical (unpaired) electrons. The Balaban J connectivity index is 1.96. The van der Waals surface area contributed by atoms with Crippen LogP contribution in [0.1, 0.15) is 38.2 Å². The number of aryl methyl sites for hydroxylation is 1. The van der Waals surface area contributed by atoms with Gasteiger partial charge in [0, 0.05) is 6.42 Å². The lowest BCUT2D eigenvalue weighted by Crippen LogP contribution is -2.44. The van der Waals surface area contributed by atoms with Gasteiger partial charge in [0.15, 0.2) is 0 Å². The molecule has 1 saturated carbocycles. The van der Waals surface area contributed by atoms with Gasteiger partial charge in [0.05, 0.1) is 5.41 Å². The average Bonchev–Trinajstić information content (AvgIpc) is 2.25. The van der Waals surface area contributed by atoms with Gasteiger partial charge in [-0.3, -0.25) is 9.59 Å². The number of Topliss-reactive ketones (excluding diaryl/α,β-unsaturated/α-hetero) is 2. The van der Waals surface area contributed by atoms with Crippen LogP contribution in [0.15, 0.2) is 30.3 Å². The van der Waals surface area contributed by atoms with Gasteiger partial charge in [0.2, 0.25) is 0 Å². The third-order valence-electron chi connectivity index (χ3n) is 3.90. The van der Waals surface area contributed by atoms with E-state index in [-0.39, 0.29) is 11.6 Å². The fraction of sp³-hybridized carbons (Fsp3) is 0.467. The Morgan fingerprint density at radius 3 is 2.29 bits per heavy atom. The first-order chi connectivity index (χ1) is 8.15. The average molecular weight is 230 g/mol. The second kappa shape index (κ2) is 4.82. The van der Waals surface area contributed by atoms with Crippen molar-refractivity contribution in [1.29, 1.82) is 0 Å². The summed E-state index contributed by atoms with van der Waals surface area (Å²) in [7, 11) is 0. The van der Waals surface area contributed by atoms with Gasteiger partial charge in [-0.05, 0) is 31.7 Å². The van der Waals surface area contributed by atoms with E-state index in [9.17, 15) is 9.59 Å². The van der Waals surface area contributed by atoms with Crippen LogP contribution in [0.2, 0.25) is 0 Å². The monoisotopic (exact) mass is 230 g/mol. The molecule has 90 valence electrons. The van der Waals surface area contributed by atoms with Gasteiger partial charge in [0.25, 0.3) is 0 Å². The van der Waals surface area contributed by atoms with E-state index in [1.54, 1.807) is 6.92 Å². The van der Waals surface area contributed by atoms with Crippen LogP contribution >= 0.6 is 0 Å². The summed E-state index contributed by atoms with van der Waals surface area (Å²) in [5.41, 5.74) is 0.549. The van der Waals surface area contributed by atoms with Crippen LogP contribution in [0.25, 0.3) is 0 Å². The molecule has 1 fully saturated rings. The molecule has 2 rings (SSSR count). The molecule has 0 aliphatic heterocycles. The Morgan fingerprint density at radius 1 is 1.18 bits per heavy atom. The molecule has 1 aromatic rings. The first-order valence-electron chi connectivity index (χ1n) is 6.23. The number of carbonyl (C=O) groups is 2. The topological polar surface area (TPSA) is 34.1 Å². The third kappa shape index (κ3) is 2.31. The molecule has 1 aromatic carbocycles. The summed E-state index contributed by atoms with van der Waals surface area (Å²) >= 11 is 0. The van der Waals surface area contributed by atoms with E-state index in [0.29, 0.717) is 6.42 Å². The van der Waals surface area contributed by atoms with Gasteiger partial charge in [-0.25, -0.2) is 0 Å². The highest BCUT2D eigenvalue weighted by Gasteiger charge is 2.47. The minimum absolute atomic E-state index is 0.0572. The predicted octanol–water partition coefficient (Wildman–Crippen LogP) is 2.95. The van der Waals surface area contributed by atoms with Crippen LogP contribution in [-0.2, 0) is 16.0 Å². The summed E-state index contributed by atoms with van der Waals surface area (Å²) in [5.74, 6) is 0.196. The minimum Gasteiger partial charge on any atom is -0.299 e. The van der Waals surface area contributed by atoms with E-state index in [2.05, 4.69) is 0 Å². The van der Waals surface area contributed by atoms with Crippen molar-refractivity contribution in [3.63, 3.8) is 0 Å². The van der Waals surface area contributed by atoms with Crippen LogP contribution in [0.3, 0.4) is 0 Å². The third-order valence-corrected chi connectivity index (χ3v) is 3.90. The second-order valence-electron chi connectivity index (χ2n) is 4.90. The quantitative estimate of drug-likeness (QED) is 0.729. The Hall–Kier alpha value is -1.44. The molecule has 0 unspecified atom stereocenters. The van der Waals surface area contributed by atoms with Crippen molar-refractivity contribution in [2.45, 2.75) is 39.0 Å². The smallest absolute Gasteiger partial charge is 0.146 e. The van der Waals surface area contributed by atoms with Crippen molar-refractivity contribution >= 4 is 11.6 Å². The van der Waals surface area contributed by atoms with Crippen molar-refractivity contribution in [2.24, 2.45) is 5.41 Å². The highest BCUT2D eigenvalue weighted by atomic mass is 16.2. The molecular formula is C15H18O2. The van der Waals surface area contributed by atoms with Crippen molar-refractivity contribution in [3.05, 3.63) is 35.9 Å². The highest BCUT2D eigenvalue weighted by molar-refractivity contribution is 6.06. The molecule has 17 heavy (non-hydrogen) atoms. The maximum Gasteiger partial charge on any atom is 0.146 e. The van der Waals surface area contributed by atoms with Gasteiger partial charge in [-0.1, -0.05) is 36.8 Å². The summed E-state index contributed by atoms with van der Waals surface area (Å²) < 4.78 is 0. The molecule has 0 atom stereocenters. The Labute approximate surface area is 102 Å². The number of carbonyl (C=O) groups excluding carboxylic acids is 2. The molecule has 0 N–H and O–H groups in total. The summed E-state index contributed by atoms with van der Waals surface area (Å²) in [6.45, 7) is 1.56. The predicted molar refractivity (Wildman–Crippen MR) is 66.7 cm³/mol. The zero-order valence-corrected chi connectivity index (χ0v) is 10.2. The van der Waals surface area contributed by atoms with Crippen molar-refractivity contribution in [1.82, 2.24) is 0 Å². The van der Waals surface area contributed by atoms with Gasteiger partial charge >= 0.3 is 0 Å². The molecule has 0 aromatic heterocycles. The Kier molecular flexibility index (Phi) is 3.41. The van der Waals surface area contributed by atoms with Gasteiger partial charge < -0.3 is 0 Å². The van der Waals surface area contributed by atoms with E-state index in [0.717, 1.165) is 25.7 Å². The normalized spacial score (nSPS) is 17.2. The number of hydrogen-bond donors (Lipinski definition) is 0. The first kappa shape index (κ1) is 12.0. The van der Waals surface area contributed by atoms with Crippen molar-refractivity contribution in [3.8, 4) is 0 Å². The number of hydrogen-bond acceptors (Lipinski definition) is 2. The van der Waals surface area contributed by atoms with Gasteiger partial charge in [-0.15, -0.1) is 0 Å². The number of ketones is 2. The summed E-state index contributed by atoms with van der Waals surface area (Å²) in [5, 5.41) is 0. The lowest BCUT2D eigenvalue weighted by atomic mass is 9.63. The van der Waals surface area contributed by atoms with Gasteiger partial charge in [0.1, 0.15) is 11.6 Å². The summed E-state index contributed by atoms with van der Waals surface area (Å²) in [6, 6.07) is 9.96. The lowest BCUT2D eigenvalue weighted by Gasteiger charge is -2.38. The Bertz CT molecular complexity index is 416. The molecule has 2 heteroatoms. The fourth-order valence-electron chi connectivity index (χ4n) is 2.50. The number of benzene rings is 1. The van der Waals surface area contributed by atoms with Crippen LogP contribution in [-0.4, -0.2) is 11.6 Å². The molecule has 0 amide bonds. The van der Waals surface area contributed by atoms with E-state index < -0.39 is 5.41 Å². The standard InChI is InChI=1S/C15H18O2/c1-12(16)15(10-5-11-15)14(17)9-8-13-6-3-2-4-7-13/h2-4,6-7H,5,8-11H2,1H3. The van der Waals surface area contributed by atoms with E-state index >= 15 is 0 Å².